The number of para-hydroxylation sites is 1. The van der Waals surface area contributed by atoms with E-state index in [1.165, 1.54) is 60.8 Å². The van der Waals surface area contributed by atoms with Crippen molar-refractivity contribution in [2.45, 2.75) is 0 Å². The van der Waals surface area contributed by atoms with Crippen LogP contribution in [0, 0.1) is 5.41 Å². The molecule has 3 nitrogen and oxygen atoms in total. The summed E-state index contributed by atoms with van der Waals surface area (Å²) in [5, 5.41) is 18.0. The van der Waals surface area contributed by atoms with E-state index < -0.39 is 0 Å². The van der Waals surface area contributed by atoms with Gasteiger partial charge in [0.25, 0.3) is 0 Å². The van der Waals surface area contributed by atoms with Gasteiger partial charge in [0.2, 0.25) is 0 Å². The fourth-order valence-corrected chi connectivity index (χ4v) is 8.33. The lowest BCUT2D eigenvalue weighted by atomic mass is 9.84. The minimum absolute atomic E-state index is 0.787. The zero-order chi connectivity index (χ0) is 36.9. The second kappa shape index (κ2) is 13.2. The number of fused-ring (bicyclic) bond motifs is 6. The van der Waals surface area contributed by atoms with Crippen LogP contribution in [0.15, 0.2) is 195 Å². The van der Waals surface area contributed by atoms with Crippen LogP contribution in [-0.2, 0) is 0 Å². The van der Waals surface area contributed by atoms with E-state index in [1.54, 1.807) is 0 Å². The van der Waals surface area contributed by atoms with Crippen LogP contribution in [0.1, 0.15) is 11.1 Å². The predicted octanol–water partition coefficient (Wildman–Crippen LogP) is 13.7. The first-order valence-corrected chi connectivity index (χ1v) is 18.5. The van der Waals surface area contributed by atoms with Crippen LogP contribution < -0.4 is 0 Å². The second-order valence-corrected chi connectivity index (χ2v) is 14.0. The van der Waals surface area contributed by atoms with Crippen molar-refractivity contribution in [3.63, 3.8) is 0 Å². The number of nitrogens with zero attached hydrogens (tertiary/aromatic N) is 2. The molecule has 0 aliphatic heterocycles. The summed E-state index contributed by atoms with van der Waals surface area (Å²) in [7, 11) is 0. The third-order valence-electron chi connectivity index (χ3n) is 10.9. The van der Waals surface area contributed by atoms with Crippen LogP contribution in [-0.4, -0.2) is 15.8 Å². The van der Waals surface area contributed by atoms with Gasteiger partial charge in [-0.1, -0.05) is 134 Å². The van der Waals surface area contributed by atoms with Gasteiger partial charge >= 0.3 is 0 Å². The Hall–Kier alpha value is -7.36. The average Bonchev–Trinajstić information content (AvgIpc) is 3.58. The van der Waals surface area contributed by atoms with Gasteiger partial charge in [-0.05, 0) is 125 Å². The molecule has 2 heterocycles. The maximum atomic E-state index is 8.57. The van der Waals surface area contributed by atoms with Crippen molar-refractivity contribution in [2.24, 2.45) is 0 Å². The smallest absolute Gasteiger partial charge is 0.0571 e. The highest BCUT2D eigenvalue weighted by Gasteiger charge is 2.18. The predicted molar refractivity (Wildman–Crippen MR) is 234 cm³/mol. The van der Waals surface area contributed by atoms with E-state index in [-0.39, 0.29) is 0 Å². The molecule has 0 aliphatic carbocycles. The zero-order valence-corrected chi connectivity index (χ0v) is 30.1. The molecule has 0 bridgehead atoms. The first kappa shape index (κ1) is 32.3. The Morgan fingerprint density at radius 2 is 1.15 bits per heavy atom. The van der Waals surface area contributed by atoms with Gasteiger partial charge in [-0.25, -0.2) is 0 Å². The number of aromatic nitrogens is 2. The van der Waals surface area contributed by atoms with E-state index >= 15 is 0 Å². The molecule has 3 heteroatoms. The Bertz CT molecular complexity index is 3170. The lowest BCUT2D eigenvalue weighted by Gasteiger charge is -2.19. The summed E-state index contributed by atoms with van der Waals surface area (Å²) in [6.45, 7) is 4.59. The summed E-state index contributed by atoms with van der Waals surface area (Å²) in [5.41, 5.74) is 11.7. The van der Waals surface area contributed by atoms with E-state index in [2.05, 4.69) is 180 Å². The van der Waals surface area contributed by atoms with E-state index in [1.807, 2.05) is 24.5 Å². The van der Waals surface area contributed by atoms with Gasteiger partial charge < -0.3 is 9.98 Å². The molecule has 10 rings (SSSR count). The normalized spacial score (nSPS) is 11.9. The van der Waals surface area contributed by atoms with Crippen LogP contribution in [0.3, 0.4) is 0 Å². The Kier molecular flexibility index (Phi) is 7.78. The van der Waals surface area contributed by atoms with Crippen LogP contribution in [0.4, 0.5) is 0 Å². The minimum Gasteiger partial charge on any atom is -0.309 e. The van der Waals surface area contributed by atoms with Crippen LogP contribution in [0.25, 0.3) is 93.2 Å². The van der Waals surface area contributed by atoms with E-state index in [9.17, 15) is 0 Å². The van der Waals surface area contributed by atoms with Crippen molar-refractivity contribution in [3.05, 3.63) is 206 Å². The third-order valence-corrected chi connectivity index (χ3v) is 10.9. The second-order valence-electron chi connectivity index (χ2n) is 14.0. The van der Waals surface area contributed by atoms with E-state index in [4.69, 9.17) is 5.41 Å². The van der Waals surface area contributed by atoms with Crippen molar-refractivity contribution < 1.29 is 0 Å². The molecule has 0 atom stereocenters. The topological polar surface area (TPSA) is 41.7 Å². The summed E-state index contributed by atoms with van der Waals surface area (Å²) in [6, 6.07) is 60.4. The quantitative estimate of drug-likeness (QED) is 0.100. The van der Waals surface area contributed by atoms with Gasteiger partial charge in [-0.3, -0.25) is 4.98 Å². The van der Waals surface area contributed by atoms with Gasteiger partial charge in [0.15, 0.2) is 0 Å². The summed E-state index contributed by atoms with van der Waals surface area (Å²) >= 11 is 0. The maximum absolute atomic E-state index is 8.57. The number of nitrogens with one attached hydrogen (secondary N) is 1. The number of allylic oxidation sites excluding steroid dienone is 3. The van der Waals surface area contributed by atoms with Gasteiger partial charge in [0.05, 0.1) is 11.0 Å². The number of hydrogen-bond donors (Lipinski definition) is 1. The fourth-order valence-electron chi connectivity index (χ4n) is 8.33. The van der Waals surface area contributed by atoms with Gasteiger partial charge in [-0.2, -0.15) is 0 Å². The molecule has 0 fully saturated rings. The highest BCUT2D eigenvalue weighted by atomic mass is 15.0. The van der Waals surface area contributed by atoms with Crippen molar-refractivity contribution in [3.8, 4) is 27.9 Å². The summed E-state index contributed by atoms with van der Waals surface area (Å²) in [6.07, 6.45) is 7.25. The molecule has 10 aromatic rings. The fraction of sp³-hybridized carbons (Fsp3) is 0. The largest absolute Gasteiger partial charge is 0.309 e. The first-order valence-electron chi connectivity index (χ1n) is 18.5. The Morgan fingerprint density at radius 3 is 1.93 bits per heavy atom. The SMILES string of the molecule is C=C(/C=C(\C=N)c1ccc2c(c1)c1cnccc1n2-c1ccccc1)c1ccc2c(-c3ccccc3)c3ccccc3c(-c3ccc4ccccc4c3)c2c1. The van der Waals surface area contributed by atoms with Gasteiger partial charge in [-0.15, -0.1) is 0 Å². The Morgan fingerprint density at radius 1 is 0.509 bits per heavy atom. The Labute approximate surface area is 319 Å². The molecule has 0 spiro atoms. The van der Waals surface area contributed by atoms with Crippen molar-refractivity contribution >= 4 is 71.5 Å². The molecule has 2 aromatic heterocycles. The molecule has 0 unspecified atom stereocenters. The highest BCUT2D eigenvalue weighted by molar-refractivity contribution is 6.22. The molecule has 0 saturated carbocycles. The molecule has 0 amide bonds. The number of rotatable bonds is 7. The molecule has 0 aliphatic rings. The number of pyridine rings is 1. The maximum Gasteiger partial charge on any atom is 0.0571 e. The Balaban J connectivity index is 1.15. The van der Waals surface area contributed by atoms with Crippen LogP contribution in [0.2, 0.25) is 0 Å². The van der Waals surface area contributed by atoms with Crippen LogP contribution in [0.5, 0.6) is 0 Å². The summed E-state index contributed by atoms with van der Waals surface area (Å²) in [4.78, 5) is 4.48. The third kappa shape index (κ3) is 5.45. The molecule has 0 radical (unpaired) electrons. The molecule has 55 heavy (non-hydrogen) atoms. The molecule has 258 valence electrons. The van der Waals surface area contributed by atoms with Crippen molar-refractivity contribution in [1.29, 1.82) is 5.41 Å². The lowest BCUT2D eigenvalue weighted by Crippen LogP contribution is -1.94. The van der Waals surface area contributed by atoms with Gasteiger partial charge in [0.1, 0.15) is 0 Å². The molecule has 8 aromatic carbocycles. The number of hydrogen-bond acceptors (Lipinski definition) is 2. The van der Waals surface area contributed by atoms with E-state index in [0.29, 0.717) is 0 Å². The zero-order valence-electron chi connectivity index (χ0n) is 30.1. The van der Waals surface area contributed by atoms with Crippen molar-refractivity contribution in [1.82, 2.24) is 9.55 Å². The standard InChI is InChI=1S/C52H35N3/c1-34(28-41(32-53)39-23-25-49-46(31-39)48-33-54-27-26-50(48)55(49)42-16-6-3-7-17-42)37-22-24-45-47(30-37)52(40-21-20-35-12-8-9-15-38(35)29-40)44-19-11-10-18-43(44)51(45)36-13-4-2-5-14-36/h2-33,53H,1H2/b41-28+,53-32?. The monoisotopic (exact) mass is 701 g/mol. The number of benzene rings is 8. The molecular formula is C52H35N3. The average molecular weight is 702 g/mol. The van der Waals surface area contributed by atoms with Crippen LogP contribution >= 0.6 is 0 Å². The first-order chi connectivity index (χ1) is 27.2. The lowest BCUT2D eigenvalue weighted by molar-refractivity contribution is 1.17. The van der Waals surface area contributed by atoms with E-state index in [0.717, 1.165) is 49.8 Å². The highest BCUT2D eigenvalue weighted by Crippen LogP contribution is 2.45. The summed E-state index contributed by atoms with van der Waals surface area (Å²) in [5.74, 6) is 0. The minimum atomic E-state index is 0.787. The molecule has 1 N–H and O–H groups in total. The van der Waals surface area contributed by atoms with Gasteiger partial charge in [0, 0.05) is 35.1 Å². The van der Waals surface area contributed by atoms with Crippen molar-refractivity contribution in [2.75, 3.05) is 0 Å². The molecular weight excluding hydrogens is 667 g/mol. The molecule has 0 saturated heterocycles. The summed E-state index contributed by atoms with van der Waals surface area (Å²) < 4.78 is 2.28.